The highest BCUT2D eigenvalue weighted by molar-refractivity contribution is 5.47. The summed E-state index contributed by atoms with van der Waals surface area (Å²) in [6, 6.07) is 16.7. The molecule has 2 rings (SSSR count). The molecule has 20 heavy (non-hydrogen) atoms. The number of aryl methyl sites for hydroxylation is 2. The van der Waals surface area contributed by atoms with Gasteiger partial charge in [-0.25, -0.2) is 4.39 Å². The van der Waals surface area contributed by atoms with Gasteiger partial charge in [0.2, 0.25) is 0 Å². The van der Waals surface area contributed by atoms with Crippen molar-refractivity contribution in [2.45, 2.75) is 25.8 Å². The Hall–Kier alpha value is -2.34. The first-order chi connectivity index (χ1) is 9.67. The van der Waals surface area contributed by atoms with Crippen molar-refractivity contribution in [1.82, 2.24) is 0 Å². The van der Waals surface area contributed by atoms with Gasteiger partial charge in [0.25, 0.3) is 0 Å². The first kappa shape index (κ1) is 14.1. The lowest BCUT2D eigenvalue weighted by atomic mass is 10.1. The van der Waals surface area contributed by atoms with E-state index in [0.29, 0.717) is 12.1 Å². The molecule has 1 unspecified atom stereocenters. The van der Waals surface area contributed by atoms with Gasteiger partial charge in [0.05, 0.1) is 6.07 Å². The molecule has 2 aromatic carbocycles. The van der Waals surface area contributed by atoms with Crippen LogP contribution in [0.4, 0.5) is 10.1 Å². The number of nitrogens with one attached hydrogen (secondary N) is 1. The van der Waals surface area contributed by atoms with Crippen LogP contribution in [0.15, 0.2) is 48.5 Å². The van der Waals surface area contributed by atoms with Gasteiger partial charge < -0.3 is 5.32 Å². The Labute approximate surface area is 118 Å². The summed E-state index contributed by atoms with van der Waals surface area (Å²) < 4.78 is 13.3. The SMILES string of the molecule is Cc1cc(F)cc(NC(C#N)CCc2ccccc2)c1. The molecule has 0 bridgehead atoms. The zero-order chi connectivity index (χ0) is 14.4. The molecule has 2 aromatic rings. The minimum Gasteiger partial charge on any atom is -0.370 e. The van der Waals surface area contributed by atoms with E-state index in [1.807, 2.05) is 43.3 Å². The highest BCUT2D eigenvalue weighted by Crippen LogP contribution is 2.16. The molecule has 0 aliphatic heterocycles. The molecule has 102 valence electrons. The Morgan fingerprint density at radius 2 is 1.95 bits per heavy atom. The number of nitriles is 1. The molecule has 0 aliphatic carbocycles. The van der Waals surface area contributed by atoms with Crippen LogP contribution in [0.2, 0.25) is 0 Å². The summed E-state index contributed by atoms with van der Waals surface area (Å²) in [5.74, 6) is -0.285. The number of halogens is 1. The maximum Gasteiger partial charge on any atom is 0.125 e. The van der Waals surface area contributed by atoms with Gasteiger partial charge in [-0.2, -0.15) is 5.26 Å². The fraction of sp³-hybridized carbons (Fsp3) is 0.235. The zero-order valence-electron chi connectivity index (χ0n) is 11.4. The van der Waals surface area contributed by atoms with E-state index in [1.54, 1.807) is 0 Å². The van der Waals surface area contributed by atoms with Crippen molar-refractivity contribution in [2.75, 3.05) is 5.32 Å². The third-order valence-corrected chi connectivity index (χ3v) is 3.10. The maximum atomic E-state index is 13.3. The quantitative estimate of drug-likeness (QED) is 0.887. The van der Waals surface area contributed by atoms with E-state index in [2.05, 4.69) is 11.4 Å². The van der Waals surface area contributed by atoms with Gasteiger partial charge in [-0.1, -0.05) is 30.3 Å². The van der Waals surface area contributed by atoms with E-state index < -0.39 is 0 Å². The topological polar surface area (TPSA) is 35.8 Å². The van der Waals surface area contributed by atoms with Crippen LogP contribution in [-0.4, -0.2) is 6.04 Å². The molecule has 0 amide bonds. The van der Waals surface area contributed by atoms with Gasteiger partial charge >= 0.3 is 0 Å². The van der Waals surface area contributed by atoms with Gasteiger partial charge in [0.1, 0.15) is 11.9 Å². The number of rotatable bonds is 5. The Bertz CT molecular complexity index is 582. The van der Waals surface area contributed by atoms with Crippen molar-refractivity contribution in [3.05, 3.63) is 65.5 Å². The van der Waals surface area contributed by atoms with Crippen LogP contribution in [0.1, 0.15) is 17.5 Å². The van der Waals surface area contributed by atoms with E-state index in [1.165, 1.54) is 17.7 Å². The molecule has 0 fully saturated rings. The normalized spacial score (nSPS) is 11.7. The van der Waals surface area contributed by atoms with E-state index in [4.69, 9.17) is 0 Å². The predicted octanol–water partition coefficient (Wildman–Crippen LogP) is 4.07. The number of hydrogen-bond acceptors (Lipinski definition) is 2. The second kappa shape index (κ2) is 6.72. The summed E-state index contributed by atoms with van der Waals surface area (Å²) in [5.41, 5.74) is 2.69. The van der Waals surface area contributed by atoms with Crippen LogP contribution >= 0.6 is 0 Å². The van der Waals surface area contributed by atoms with Crippen LogP contribution in [0.3, 0.4) is 0 Å². The van der Waals surface area contributed by atoms with E-state index in [-0.39, 0.29) is 11.9 Å². The average Bonchev–Trinajstić information content (AvgIpc) is 2.43. The lowest BCUT2D eigenvalue weighted by Gasteiger charge is -2.13. The maximum absolute atomic E-state index is 13.3. The van der Waals surface area contributed by atoms with Crippen molar-refractivity contribution >= 4 is 5.69 Å². The van der Waals surface area contributed by atoms with Crippen LogP contribution in [0.5, 0.6) is 0 Å². The van der Waals surface area contributed by atoms with Crippen molar-refractivity contribution < 1.29 is 4.39 Å². The average molecular weight is 268 g/mol. The molecule has 0 aliphatic rings. The number of nitrogens with zero attached hydrogens (tertiary/aromatic N) is 1. The lowest BCUT2D eigenvalue weighted by Crippen LogP contribution is -2.18. The Morgan fingerprint density at radius 1 is 1.20 bits per heavy atom. The summed E-state index contributed by atoms with van der Waals surface area (Å²) in [4.78, 5) is 0. The molecule has 0 heterocycles. The first-order valence-electron chi connectivity index (χ1n) is 6.64. The van der Waals surface area contributed by atoms with Gasteiger partial charge in [-0.3, -0.25) is 0 Å². The summed E-state index contributed by atoms with van der Waals surface area (Å²) in [7, 11) is 0. The number of hydrogen-bond donors (Lipinski definition) is 1. The minimum atomic E-state index is -0.323. The highest BCUT2D eigenvalue weighted by Gasteiger charge is 2.08. The van der Waals surface area contributed by atoms with Crippen molar-refractivity contribution in [3.63, 3.8) is 0 Å². The third-order valence-electron chi connectivity index (χ3n) is 3.10. The Balaban J connectivity index is 1.97. The smallest absolute Gasteiger partial charge is 0.125 e. The van der Waals surface area contributed by atoms with E-state index in [0.717, 1.165) is 12.0 Å². The molecule has 0 radical (unpaired) electrons. The fourth-order valence-corrected chi connectivity index (χ4v) is 2.15. The van der Waals surface area contributed by atoms with Crippen molar-refractivity contribution in [1.29, 1.82) is 5.26 Å². The summed E-state index contributed by atoms with van der Waals surface area (Å²) in [5, 5.41) is 12.3. The fourth-order valence-electron chi connectivity index (χ4n) is 2.15. The molecule has 1 atom stereocenters. The lowest BCUT2D eigenvalue weighted by molar-refractivity contribution is 0.626. The Kier molecular flexibility index (Phi) is 4.73. The van der Waals surface area contributed by atoms with E-state index in [9.17, 15) is 9.65 Å². The summed E-state index contributed by atoms with van der Waals surface area (Å²) >= 11 is 0. The minimum absolute atomic E-state index is 0.285. The molecule has 1 N–H and O–H groups in total. The monoisotopic (exact) mass is 268 g/mol. The second-order valence-corrected chi connectivity index (χ2v) is 4.87. The summed E-state index contributed by atoms with van der Waals surface area (Å²) in [6.45, 7) is 1.83. The standard InChI is InChI=1S/C17H17FN2/c1-13-9-15(18)11-17(10-13)20-16(12-19)8-7-14-5-3-2-4-6-14/h2-6,9-11,16,20H,7-8H2,1H3. The highest BCUT2D eigenvalue weighted by atomic mass is 19.1. The van der Waals surface area contributed by atoms with E-state index >= 15 is 0 Å². The van der Waals surface area contributed by atoms with Gasteiger partial charge in [-0.15, -0.1) is 0 Å². The van der Waals surface area contributed by atoms with Crippen LogP contribution in [0.25, 0.3) is 0 Å². The molecule has 3 heteroatoms. The number of anilines is 1. The zero-order valence-corrected chi connectivity index (χ0v) is 11.4. The first-order valence-corrected chi connectivity index (χ1v) is 6.64. The molecule has 0 saturated carbocycles. The second-order valence-electron chi connectivity index (χ2n) is 4.87. The van der Waals surface area contributed by atoms with Gasteiger partial charge in [0, 0.05) is 5.69 Å². The van der Waals surface area contributed by atoms with Gasteiger partial charge in [0.15, 0.2) is 0 Å². The summed E-state index contributed by atoms with van der Waals surface area (Å²) in [6.07, 6.45) is 1.51. The van der Waals surface area contributed by atoms with Crippen molar-refractivity contribution in [3.8, 4) is 6.07 Å². The molecule has 0 spiro atoms. The molecule has 0 saturated heterocycles. The van der Waals surface area contributed by atoms with Crippen LogP contribution in [0, 0.1) is 24.1 Å². The van der Waals surface area contributed by atoms with Crippen molar-refractivity contribution in [2.24, 2.45) is 0 Å². The third kappa shape index (κ3) is 4.10. The molecular formula is C17H17FN2. The van der Waals surface area contributed by atoms with Crippen LogP contribution in [-0.2, 0) is 6.42 Å². The van der Waals surface area contributed by atoms with Crippen LogP contribution < -0.4 is 5.32 Å². The molecule has 0 aromatic heterocycles. The molecular weight excluding hydrogens is 251 g/mol. The Morgan fingerprint density at radius 3 is 2.60 bits per heavy atom. The largest absolute Gasteiger partial charge is 0.370 e. The number of benzene rings is 2. The molecule has 2 nitrogen and oxygen atoms in total. The predicted molar refractivity (Wildman–Crippen MR) is 78.9 cm³/mol. The van der Waals surface area contributed by atoms with Gasteiger partial charge in [-0.05, 0) is 49.1 Å².